The second kappa shape index (κ2) is 10.5. The molecule has 4 nitrogen and oxygen atoms in total. The maximum Gasteiger partial charge on any atom is 0.306 e. The van der Waals surface area contributed by atoms with E-state index in [9.17, 15) is 9.90 Å². The van der Waals surface area contributed by atoms with Gasteiger partial charge in [-0.25, -0.2) is 4.98 Å². The highest BCUT2D eigenvalue weighted by Gasteiger charge is 2.33. The van der Waals surface area contributed by atoms with Crippen molar-refractivity contribution in [2.24, 2.45) is 22.7 Å². The van der Waals surface area contributed by atoms with Gasteiger partial charge >= 0.3 is 5.97 Å². The fraction of sp³-hybridized carbons (Fsp3) is 0.800. The van der Waals surface area contributed by atoms with Crippen LogP contribution < -0.4 is 0 Å². The lowest BCUT2D eigenvalue weighted by Gasteiger charge is -2.36. The molecule has 2 atom stereocenters. The lowest BCUT2D eigenvalue weighted by Crippen LogP contribution is -2.30. The number of carboxylic acid groups (broad SMARTS) is 1. The standard InChI is InChI=1S/C17H34O2.C3H4N2/c1-8-10-14(15(18)19)13(9-2)11-17(6,7)12-16(3,4)5;1-2-5-3-4-1/h13-14H,8-12H2,1-7H3,(H,18,19);1-3H,(H,4,5). The number of nitrogens with one attached hydrogen (secondary N) is 1. The third-order valence-electron chi connectivity index (χ3n) is 4.24. The summed E-state index contributed by atoms with van der Waals surface area (Å²) in [6.45, 7) is 15.5. The van der Waals surface area contributed by atoms with Crippen molar-refractivity contribution in [2.75, 3.05) is 0 Å². The maximum absolute atomic E-state index is 11.5. The largest absolute Gasteiger partial charge is 0.481 e. The molecule has 0 spiro atoms. The first-order chi connectivity index (χ1) is 11.0. The smallest absolute Gasteiger partial charge is 0.306 e. The molecule has 0 aromatic carbocycles. The minimum absolute atomic E-state index is 0.172. The van der Waals surface area contributed by atoms with Gasteiger partial charge in [0.2, 0.25) is 0 Å². The SMILES string of the molecule is CCCC(C(=O)O)C(CC)CC(C)(C)CC(C)(C)C.c1c[nH]cn1. The van der Waals surface area contributed by atoms with Crippen LogP contribution in [0.4, 0.5) is 0 Å². The lowest BCUT2D eigenvalue weighted by atomic mass is 9.68. The molecule has 0 amide bonds. The Morgan fingerprint density at radius 3 is 2.12 bits per heavy atom. The van der Waals surface area contributed by atoms with Crippen molar-refractivity contribution >= 4 is 5.97 Å². The minimum Gasteiger partial charge on any atom is -0.481 e. The molecule has 0 fully saturated rings. The normalized spacial score (nSPS) is 14.5. The summed E-state index contributed by atoms with van der Waals surface area (Å²) in [4.78, 5) is 17.9. The molecule has 0 aliphatic carbocycles. The van der Waals surface area contributed by atoms with Crippen LogP contribution in [0.25, 0.3) is 0 Å². The van der Waals surface area contributed by atoms with Crippen LogP contribution >= 0.6 is 0 Å². The van der Waals surface area contributed by atoms with E-state index in [4.69, 9.17) is 0 Å². The average molecular weight is 339 g/mol. The van der Waals surface area contributed by atoms with Crippen LogP contribution in [0.15, 0.2) is 18.7 Å². The maximum atomic E-state index is 11.5. The molecule has 0 radical (unpaired) electrons. The Kier molecular flexibility index (Phi) is 9.95. The zero-order valence-electron chi connectivity index (χ0n) is 16.7. The topological polar surface area (TPSA) is 66.0 Å². The highest BCUT2D eigenvalue weighted by Crippen LogP contribution is 2.41. The van der Waals surface area contributed by atoms with Crippen molar-refractivity contribution in [1.82, 2.24) is 9.97 Å². The molecule has 2 unspecified atom stereocenters. The molecule has 2 N–H and O–H groups in total. The summed E-state index contributed by atoms with van der Waals surface area (Å²) < 4.78 is 0. The summed E-state index contributed by atoms with van der Waals surface area (Å²) in [5.74, 6) is -0.482. The Balaban J connectivity index is 0.000000889. The quantitative estimate of drug-likeness (QED) is 0.631. The van der Waals surface area contributed by atoms with Crippen molar-refractivity contribution < 1.29 is 9.90 Å². The number of aliphatic carboxylic acids is 1. The molecule has 1 aromatic heterocycles. The van der Waals surface area contributed by atoms with Crippen LogP contribution in [0.3, 0.4) is 0 Å². The molecule has 140 valence electrons. The predicted molar refractivity (Wildman–Crippen MR) is 101 cm³/mol. The Hall–Kier alpha value is -1.32. The Morgan fingerprint density at radius 2 is 1.83 bits per heavy atom. The van der Waals surface area contributed by atoms with Crippen LogP contribution in [0.1, 0.15) is 80.6 Å². The van der Waals surface area contributed by atoms with Gasteiger partial charge < -0.3 is 10.1 Å². The Bertz CT molecular complexity index is 416. The first kappa shape index (κ1) is 22.7. The Morgan fingerprint density at radius 1 is 1.21 bits per heavy atom. The molecule has 0 saturated heterocycles. The van der Waals surface area contributed by atoms with E-state index in [0.29, 0.717) is 11.3 Å². The van der Waals surface area contributed by atoms with E-state index < -0.39 is 5.97 Å². The van der Waals surface area contributed by atoms with Crippen molar-refractivity contribution in [1.29, 1.82) is 0 Å². The number of rotatable bonds is 8. The molecule has 0 bridgehead atoms. The van der Waals surface area contributed by atoms with Crippen LogP contribution in [-0.4, -0.2) is 21.0 Å². The number of H-pyrrole nitrogens is 1. The molecule has 1 heterocycles. The highest BCUT2D eigenvalue weighted by atomic mass is 16.4. The molecule has 0 aliphatic heterocycles. The zero-order valence-corrected chi connectivity index (χ0v) is 16.7. The van der Waals surface area contributed by atoms with Crippen LogP contribution in [-0.2, 0) is 4.79 Å². The molecule has 0 aliphatic rings. The van der Waals surface area contributed by atoms with Gasteiger partial charge in [-0.3, -0.25) is 4.79 Å². The summed E-state index contributed by atoms with van der Waals surface area (Å²) in [7, 11) is 0. The molecule has 1 aromatic rings. The minimum atomic E-state index is -0.611. The summed E-state index contributed by atoms with van der Waals surface area (Å²) in [5.41, 5.74) is 0.506. The second-order valence-corrected chi connectivity index (χ2v) is 8.77. The van der Waals surface area contributed by atoms with Crippen molar-refractivity contribution in [3.05, 3.63) is 18.7 Å². The number of aromatic nitrogens is 2. The van der Waals surface area contributed by atoms with E-state index in [1.807, 2.05) is 0 Å². The zero-order chi connectivity index (χ0) is 18.8. The van der Waals surface area contributed by atoms with Crippen molar-refractivity contribution in [2.45, 2.75) is 80.6 Å². The van der Waals surface area contributed by atoms with E-state index in [1.165, 1.54) is 0 Å². The third kappa shape index (κ3) is 10.5. The van der Waals surface area contributed by atoms with E-state index in [1.54, 1.807) is 18.7 Å². The third-order valence-corrected chi connectivity index (χ3v) is 4.24. The Labute approximate surface area is 148 Å². The number of carboxylic acids is 1. The van der Waals surface area contributed by atoms with E-state index in [-0.39, 0.29) is 11.3 Å². The molecular weight excluding hydrogens is 300 g/mol. The van der Waals surface area contributed by atoms with Gasteiger partial charge in [0.1, 0.15) is 0 Å². The monoisotopic (exact) mass is 338 g/mol. The van der Waals surface area contributed by atoms with Crippen LogP contribution in [0.2, 0.25) is 0 Å². The molecule has 0 saturated carbocycles. The lowest BCUT2D eigenvalue weighted by molar-refractivity contribution is -0.144. The fourth-order valence-electron chi connectivity index (χ4n) is 3.88. The van der Waals surface area contributed by atoms with E-state index in [0.717, 1.165) is 32.1 Å². The summed E-state index contributed by atoms with van der Waals surface area (Å²) in [6.07, 6.45) is 9.95. The van der Waals surface area contributed by atoms with Gasteiger partial charge in [0.25, 0.3) is 0 Å². The fourth-order valence-corrected chi connectivity index (χ4v) is 3.88. The molecule has 24 heavy (non-hydrogen) atoms. The van der Waals surface area contributed by atoms with E-state index >= 15 is 0 Å². The summed E-state index contributed by atoms with van der Waals surface area (Å²) >= 11 is 0. The van der Waals surface area contributed by atoms with Crippen molar-refractivity contribution in [3.8, 4) is 0 Å². The van der Waals surface area contributed by atoms with Gasteiger partial charge in [-0.1, -0.05) is 61.3 Å². The van der Waals surface area contributed by atoms with Crippen LogP contribution in [0.5, 0.6) is 0 Å². The number of aromatic amines is 1. The number of imidazole rings is 1. The van der Waals surface area contributed by atoms with Gasteiger partial charge in [0.05, 0.1) is 12.2 Å². The predicted octanol–water partition coefficient (Wildman–Crippen LogP) is 5.78. The van der Waals surface area contributed by atoms with Gasteiger partial charge in [0.15, 0.2) is 0 Å². The van der Waals surface area contributed by atoms with Gasteiger partial charge in [-0.15, -0.1) is 0 Å². The van der Waals surface area contributed by atoms with Crippen LogP contribution in [0, 0.1) is 22.7 Å². The summed E-state index contributed by atoms with van der Waals surface area (Å²) in [5, 5.41) is 9.44. The highest BCUT2D eigenvalue weighted by molar-refractivity contribution is 5.70. The van der Waals surface area contributed by atoms with E-state index in [2.05, 4.69) is 58.4 Å². The van der Waals surface area contributed by atoms with Gasteiger partial charge in [0, 0.05) is 12.4 Å². The number of carbonyl (C=O) groups is 1. The first-order valence-electron chi connectivity index (χ1n) is 9.18. The molecular formula is C20H38N2O2. The molecule has 4 heteroatoms. The summed E-state index contributed by atoms with van der Waals surface area (Å²) in [6, 6.07) is 0. The molecule has 1 rings (SSSR count). The van der Waals surface area contributed by atoms with Gasteiger partial charge in [-0.2, -0.15) is 0 Å². The average Bonchev–Trinajstić information content (AvgIpc) is 2.98. The number of hydrogen-bond donors (Lipinski definition) is 2. The van der Waals surface area contributed by atoms with Gasteiger partial charge in [-0.05, 0) is 36.0 Å². The second-order valence-electron chi connectivity index (χ2n) is 8.77. The first-order valence-corrected chi connectivity index (χ1v) is 9.18. The number of nitrogens with zero attached hydrogens (tertiary/aromatic N) is 1. The number of hydrogen-bond acceptors (Lipinski definition) is 2. The van der Waals surface area contributed by atoms with Crippen molar-refractivity contribution in [3.63, 3.8) is 0 Å².